The third-order valence-electron chi connectivity index (χ3n) is 4.29. The first-order valence-electron chi connectivity index (χ1n) is 7.35. The maximum absolute atomic E-state index is 4.52. The van der Waals surface area contributed by atoms with Gasteiger partial charge in [0.2, 0.25) is 5.95 Å². The number of hydrogen-bond acceptors (Lipinski definition) is 4. The van der Waals surface area contributed by atoms with Crippen LogP contribution in [0.3, 0.4) is 0 Å². The van der Waals surface area contributed by atoms with Crippen molar-refractivity contribution in [1.29, 1.82) is 0 Å². The molecule has 0 aromatic carbocycles. The summed E-state index contributed by atoms with van der Waals surface area (Å²) in [6.45, 7) is 8.69. The van der Waals surface area contributed by atoms with E-state index in [-0.39, 0.29) is 0 Å². The molecule has 0 amide bonds. The van der Waals surface area contributed by atoms with Crippen molar-refractivity contribution < 1.29 is 0 Å². The number of fused-ring (bicyclic) bond motifs is 1. The van der Waals surface area contributed by atoms with Crippen molar-refractivity contribution >= 4 is 11.6 Å². The molecule has 0 aliphatic carbocycles. The zero-order chi connectivity index (χ0) is 14.2. The van der Waals surface area contributed by atoms with E-state index < -0.39 is 0 Å². The van der Waals surface area contributed by atoms with Crippen molar-refractivity contribution in [3.05, 3.63) is 23.9 Å². The molecule has 0 saturated carbocycles. The Morgan fingerprint density at radius 2 is 2.35 bits per heavy atom. The van der Waals surface area contributed by atoms with Gasteiger partial charge in [-0.25, -0.2) is 4.52 Å². The van der Waals surface area contributed by atoms with Crippen LogP contribution in [0.5, 0.6) is 0 Å². The lowest BCUT2D eigenvalue weighted by atomic mass is 9.77. The van der Waals surface area contributed by atoms with Gasteiger partial charge in [0.05, 0.1) is 0 Å². The van der Waals surface area contributed by atoms with E-state index >= 15 is 0 Å². The molecule has 1 aliphatic rings. The molecule has 2 aromatic rings. The molecule has 1 fully saturated rings. The highest BCUT2D eigenvalue weighted by atomic mass is 15.3. The SMILES string of the molecule is Cc1ccn2nc(NCC3NCCCC3(C)C)nc2c1. The van der Waals surface area contributed by atoms with Crippen molar-refractivity contribution in [3.63, 3.8) is 0 Å². The highest BCUT2D eigenvalue weighted by Gasteiger charge is 2.31. The van der Waals surface area contributed by atoms with Crippen molar-refractivity contribution in [3.8, 4) is 0 Å². The minimum absolute atomic E-state index is 0.320. The second-order valence-corrected chi connectivity index (χ2v) is 6.42. The van der Waals surface area contributed by atoms with Gasteiger partial charge in [-0.15, -0.1) is 5.10 Å². The van der Waals surface area contributed by atoms with Crippen molar-refractivity contribution in [2.45, 2.75) is 39.7 Å². The third kappa shape index (κ3) is 2.63. The summed E-state index contributed by atoms with van der Waals surface area (Å²) in [5.74, 6) is 0.707. The minimum atomic E-state index is 0.320. The van der Waals surface area contributed by atoms with Gasteiger partial charge in [-0.05, 0) is 49.4 Å². The molecule has 0 spiro atoms. The Labute approximate surface area is 119 Å². The van der Waals surface area contributed by atoms with E-state index in [0.717, 1.165) is 18.7 Å². The number of pyridine rings is 1. The van der Waals surface area contributed by atoms with E-state index in [2.05, 4.69) is 41.5 Å². The predicted octanol–water partition coefficient (Wildman–Crippen LogP) is 2.23. The maximum atomic E-state index is 4.52. The number of piperidine rings is 1. The molecule has 1 atom stereocenters. The minimum Gasteiger partial charge on any atom is -0.351 e. The van der Waals surface area contributed by atoms with Crippen LogP contribution in [0, 0.1) is 12.3 Å². The molecule has 2 N–H and O–H groups in total. The largest absolute Gasteiger partial charge is 0.351 e. The first kappa shape index (κ1) is 13.4. The van der Waals surface area contributed by atoms with Crippen LogP contribution >= 0.6 is 0 Å². The van der Waals surface area contributed by atoms with Gasteiger partial charge < -0.3 is 10.6 Å². The highest BCUT2D eigenvalue weighted by molar-refractivity contribution is 5.45. The molecule has 5 heteroatoms. The number of aryl methyl sites for hydroxylation is 1. The lowest BCUT2D eigenvalue weighted by Gasteiger charge is -2.39. The molecule has 1 unspecified atom stereocenters. The van der Waals surface area contributed by atoms with Crippen LogP contribution in [0.15, 0.2) is 18.3 Å². The zero-order valence-corrected chi connectivity index (χ0v) is 12.5. The summed E-state index contributed by atoms with van der Waals surface area (Å²) in [6.07, 6.45) is 4.48. The van der Waals surface area contributed by atoms with Crippen LogP contribution < -0.4 is 10.6 Å². The molecule has 2 aromatic heterocycles. The summed E-state index contributed by atoms with van der Waals surface area (Å²) in [6, 6.07) is 4.54. The van der Waals surface area contributed by atoms with Crippen molar-refractivity contribution in [2.75, 3.05) is 18.4 Å². The predicted molar refractivity (Wildman–Crippen MR) is 81.0 cm³/mol. The van der Waals surface area contributed by atoms with Gasteiger partial charge in [-0.2, -0.15) is 4.98 Å². The molecule has 5 nitrogen and oxygen atoms in total. The highest BCUT2D eigenvalue weighted by Crippen LogP contribution is 2.29. The molecule has 3 rings (SSSR count). The van der Waals surface area contributed by atoms with Crippen LogP contribution in [-0.2, 0) is 0 Å². The lowest BCUT2D eigenvalue weighted by Crippen LogP contribution is -2.50. The number of aromatic nitrogens is 3. The quantitative estimate of drug-likeness (QED) is 0.900. The van der Waals surface area contributed by atoms with Gasteiger partial charge in [-0.1, -0.05) is 13.8 Å². The van der Waals surface area contributed by atoms with Crippen LogP contribution in [-0.4, -0.2) is 33.7 Å². The Kier molecular flexibility index (Phi) is 3.38. The second kappa shape index (κ2) is 5.05. The summed E-state index contributed by atoms with van der Waals surface area (Å²) in [5.41, 5.74) is 2.41. The fraction of sp³-hybridized carbons (Fsp3) is 0.600. The summed E-state index contributed by atoms with van der Waals surface area (Å²) in [7, 11) is 0. The number of anilines is 1. The average molecular weight is 273 g/mol. The van der Waals surface area contributed by atoms with E-state index in [1.165, 1.54) is 18.4 Å². The first-order chi connectivity index (χ1) is 9.54. The average Bonchev–Trinajstić information content (AvgIpc) is 2.79. The van der Waals surface area contributed by atoms with Gasteiger partial charge in [0.25, 0.3) is 0 Å². The fourth-order valence-electron chi connectivity index (χ4n) is 2.87. The number of nitrogens with one attached hydrogen (secondary N) is 2. The fourth-order valence-corrected chi connectivity index (χ4v) is 2.87. The van der Waals surface area contributed by atoms with Crippen molar-refractivity contribution in [2.24, 2.45) is 5.41 Å². The van der Waals surface area contributed by atoms with Gasteiger partial charge in [0, 0.05) is 18.8 Å². The molecule has 0 radical (unpaired) electrons. The number of hydrogen-bond donors (Lipinski definition) is 2. The number of nitrogens with zero attached hydrogens (tertiary/aromatic N) is 3. The molecule has 3 heterocycles. The van der Waals surface area contributed by atoms with Crippen LogP contribution in [0.25, 0.3) is 5.65 Å². The van der Waals surface area contributed by atoms with Gasteiger partial charge in [0.1, 0.15) is 0 Å². The first-order valence-corrected chi connectivity index (χ1v) is 7.35. The smallest absolute Gasteiger partial charge is 0.243 e. The Morgan fingerprint density at radius 3 is 3.15 bits per heavy atom. The summed E-state index contributed by atoms with van der Waals surface area (Å²) in [5, 5.41) is 11.4. The lowest BCUT2D eigenvalue weighted by molar-refractivity contribution is 0.188. The Morgan fingerprint density at radius 1 is 1.50 bits per heavy atom. The monoisotopic (exact) mass is 273 g/mol. The Hall–Kier alpha value is -1.62. The van der Waals surface area contributed by atoms with E-state index in [1.807, 2.05) is 22.8 Å². The van der Waals surface area contributed by atoms with Crippen LogP contribution in [0.4, 0.5) is 5.95 Å². The molecular formula is C15H23N5. The molecule has 108 valence electrons. The van der Waals surface area contributed by atoms with Gasteiger partial charge in [0.15, 0.2) is 5.65 Å². The summed E-state index contributed by atoms with van der Waals surface area (Å²) < 4.78 is 1.81. The van der Waals surface area contributed by atoms with Crippen LogP contribution in [0.2, 0.25) is 0 Å². The summed E-state index contributed by atoms with van der Waals surface area (Å²) in [4.78, 5) is 4.52. The Bertz CT molecular complexity index is 601. The van der Waals surface area contributed by atoms with Crippen molar-refractivity contribution in [1.82, 2.24) is 19.9 Å². The normalized spacial score (nSPS) is 22.1. The summed E-state index contributed by atoms with van der Waals surface area (Å²) >= 11 is 0. The zero-order valence-electron chi connectivity index (χ0n) is 12.5. The van der Waals surface area contributed by atoms with E-state index in [0.29, 0.717) is 17.4 Å². The molecule has 1 aliphatic heterocycles. The van der Waals surface area contributed by atoms with Gasteiger partial charge in [-0.3, -0.25) is 0 Å². The van der Waals surface area contributed by atoms with Crippen LogP contribution in [0.1, 0.15) is 32.3 Å². The standard InChI is InChI=1S/C15H23N5/c1-11-5-8-20-13(9-11)18-14(19-20)17-10-12-15(2,3)6-4-7-16-12/h5,8-9,12,16H,4,6-7,10H2,1-3H3,(H,17,19). The molecule has 1 saturated heterocycles. The maximum Gasteiger partial charge on any atom is 0.243 e. The molecule has 0 bridgehead atoms. The Balaban J connectivity index is 1.70. The van der Waals surface area contributed by atoms with E-state index in [1.54, 1.807) is 0 Å². The molecular weight excluding hydrogens is 250 g/mol. The topological polar surface area (TPSA) is 54.2 Å². The van der Waals surface area contributed by atoms with E-state index in [4.69, 9.17) is 0 Å². The number of rotatable bonds is 3. The second-order valence-electron chi connectivity index (χ2n) is 6.42. The molecule has 20 heavy (non-hydrogen) atoms. The van der Waals surface area contributed by atoms with E-state index in [9.17, 15) is 0 Å². The van der Waals surface area contributed by atoms with Gasteiger partial charge >= 0.3 is 0 Å². The third-order valence-corrected chi connectivity index (χ3v) is 4.29.